The Hall–Kier alpha value is -3.40. The van der Waals surface area contributed by atoms with Crippen LogP contribution < -0.4 is 0 Å². The normalized spacial score (nSPS) is 11.0. The topological polar surface area (TPSA) is 48.1 Å². The van der Waals surface area contributed by atoms with Crippen molar-refractivity contribution < 1.29 is 4.92 Å². The van der Waals surface area contributed by atoms with Crippen molar-refractivity contribution in [3.63, 3.8) is 0 Å². The highest BCUT2D eigenvalue weighted by Gasteiger charge is 2.23. The maximum Gasteiger partial charge on any atom is 0.294 e. The standard InChI is InChI=1S/C22H18N2O2/c1-15-18(16-9-5-3-6-10-16)13-19-20(24(25)26)14-23(2)22(19)21(15)17-11-7-4-8-12-17/h3-14H,1-2H3. The zero-order chi connectivity index (χ0) is 18.3. The van der Waals surface area contributed by atoms with Crippen molar-refractivity contribution >= 4 is 16.6 Å². The fourth-order valence-corrected chi connectivity index (χ4v) is 3.67. The summed E-state index contributed by atoms with van der Waals surface area (Å²) in [4.78, 5) is 11.3. The van der Waals surface area contributed by atoms with Crippen molar-refractivity contribution in [1.29, 1.82) is 0 Å². The maximum absolute atomic E-state index is 11.6. The largest absolute Gasteiger partial charge is 0.344 e. The molecule has 0 aliphatic rings. The predicted octanol–water partition coefficient (Wildman–Crippen LogP) is 5.73. The van der Waals surface area contributed by atoms with Crippen molar-refractivity contribution in [3.05, 3.63) is 88.6 Å². The maximum atomic E-state index is 11.6. The van der Waals surface area contributed by atoms with E-state index in [0.29, 0.717) is 5.39 Å². The second kappa shape index (κ2) is 6.15. The van der Waals surface area contributed by atoms with Crippen molar-refractivity contribution in [2.24, 2.45) is 7.05 Å². The summed E-state index contributed by atoms with van der Waals surface area (Å²) in [6, 6.07) is 22.0. The van der Waals surface area contributed by atoms with Gasteiger partial charge in [0.05, 0.1) is 22.0 Å². The summed E-state index contributed by atoms with van der Waals surface area (Å²) < 4.78 is 1.86. The minimum absolute atomic E-state index is 0.136. The number of nitrogens with zero attached hydrogens (tertiary/aromatic N) is 2. The Bertz CT molecular complexity index is 1110. The van der Waals surface area contributed by atoms with Gasteiger partial charge in [0, 0.05) is 12.6 Å². The van der Waals surface area contributed by atoms with Crippen LogP contribution in [0.25, 0.3) is 33.2 Å². The van der Waals surface area contributed by atoms with Gasteiger partial charge in [0.15, 0.2) is 0 Å². The van der Waals surface area contributed by atoms with E-state index in [4.69, 9.17) is 0 Å². The lowest BCUT2D eigenvalue weighted by molar-refractivity contribution is -0.383. The number of aryl methyl sites for hydroxylation is 1. The van der Waals surface area contributed by atoms with Gasteiger partial charge in [-0.3, -0.25) is 10.1 Å². The van der Waals surface area contributed by atoms with Gasteiger partial charge in [0.25, 0.3) is 5.69 Å². The molecule has 0 spiro atoms. The first kappa shape index (κ1) is 16.1. The molecule has 4 heteroatoms. The Morgan fingerprint density at radius 2 is 1.50 bits per heavy atom. The number of nitro groups is 1. The molecule has 4 nitrogen and oxygen atoms in total. The summed E-state index contributed by atoms with van der Waals surface area (Å²) in [5.41, 5.74) is 6.32. The molecule has 0 N–H and O–H groups in total. The third kappa shape index (κ3) is 2.47. The van der Waals surface area contributed by atoms with Crippen molar-refractivity contribution in [3.8, 4) is 22.3 Å². The number of aromatic nitrogens is 1. The van der Waals surface area contributed by atoms with E-state index in [1.807, 2.05) is 66.2 Å². The summed E-state index contributed by atoms with van der Waals surface area (Å²) in [6.45, 7) is 2.09. The van der Waals surface area contributed by atoms with Gasteiger partial charge in [-0.25, -0.2) is 0 Å². The Morgan fingerprint density at radius 3 is 2.08 bits per heavy atom. The Balaban J connectivity index is 2.17. The first-order chi connectivity index (χ1) is 12.6. The van der Waals surface area contributed by atoms with Crippen LogP contribution in [0, 0.1) is 17.0 Å². The van der Waals surface area contributed by atoms with E-state index >= 15 is 0 Å². The molecular weight excluding hydrogens is 324 g/mol. The predicted molar refractivity (Wildman–Crippen MR) is 105 cm³/mol. The molecule has 1 aromatic heterocycles. The quantitative estimate of drug-likeness (QED) is 0.353. The molecule has 0 saturated heterocycles. The summed E-state index contributed by atoms with van der Waals surface area (Å²) in [6.07, 6.45) is 1.60. The van der Waals surface area contributed by atoms with Gasteiger partial charge in [-0.15, -0.1) is 0 Å². The summed E-state index contributed by atoms with van der Waals surface area (Å²) in [5.74, 6) is 0. The molecule has 0 atom stereocenters. The molecule has 0 amide bonds. The van der Waals surface area contributed by atoms with E-state index in [1.54, 1.807) is 6.20 Å². The van der Waals surface area contributed by atoms with Crippen LogP contribution in [0.3, 0.4) is 0 Å². The molecule has 0 aliphatic carbocycles. The number of hydrogen-bond acceptors (Lipinski definition) is 2. The second-order valence-electron chi connectivity index (χ2n) is 6.43. The number of hydrogen-bond donors (Lipinski definition) is 0. The van der Waals surface area contributed by atoms with E-state index in [1.165, 1.54) is 0 Å². The lowest BCUT2D eigenvalue weighted by Crippen LogP contribution is -1.94. The van der Waals surface area contributed by atoms with E-state index in [9.17, 15) is 10.1 Å². The van der Waals surface area contributed by atoms with Crippen molar-refractivity contribution in [1.82, 2.24) is 4.57 Å². The molecule has 0 saturated carbocycles. The van der Waals surface area contributed by atoms with Crippen LogP contribution in [-0.4, -0.2) is 9.49 Å². The molecule has 128 valence electrons. The number of benzene rings is 3. The summed E-state index contributed by atoms with van der Waals surface area (Å²) in [7, 11) is 1.86. The lowest BCUT2D eigenvalue weighted by atomic mass is 9.90. The van der Waals surface area contributed by atoms with Gasteiger partial charge < -0.3 is 4.57 Å². The van der Waals surface area contributed by atoms with E-state index in [0.717, 1.165) is 33.3 Å². The van der Waals surface area contributed by atoms with Gasteiger partial charge in [0.1, 0.15) is 0 Å². The fourth-order valence-electron chi connectivity index (χ4n) is 3.67. The van der Waals surface area contributed by atoms with E-state index in [2.05, 4.69) is 19.1 Å². The van der Waals surface area contributed by atoms with Crippen molar-refractivity contribution in [2.75, 3.05) is 0 Å². The molecule has 4 aromatic rings. The number of rotatable bonds is 3. The highest BCUT2D eigenvalue weighted by molar-refractivity contribution is 6.05. The first-order valence-corrected chi connectivity index (χ1v) is 8.46. The van der Waals surface area contributed by atoms with Crippen molar-refractivity contribution in [2.45, 2.75) is 6.92 Å². The first-order valence-electron chi connectivity index (χ1n) is 8.46. The van der Waals surface area contributed by atoms with Crippen LogP contribution in [0.2, 0.25) is 0 Å². The number of fused-ring (bicyclic) bond motifs is 1. The molecule has 4 rings (SSSR count). The highest BCUT2D eigenvalue weighted by atomic mass is 16.6. The Labute approximate surface area is 151 Å². The fraction of sp³-hybridized carbons (Fsp3) is 0.0909. The molecule has 26 heavy (non-hydrogen) atoms. The third-order valence-electron chi connectivity index (χ3n) is 4.85. The third-order valence-corrected chi connectivity index (χ3v) is 4.85. The Kier molecular flexibility index (Phi) is 3.81. The van der Waals surface area contributed by atoms with E-state index in [-0.39, 0.29) is 10.6 Å². The molecule has 0 bridgehead atoms. The molecule has 1 heterocycles. The van der Waals surface area contributed by atoms with Crippen LogP contribution in [0.15, 0.2) is 72.9 Å². The average molecular weight is 342 g/mol. The van der Waals surface area contributed by atoms with Gasteiger partial charge in [-0.05, 0) is 35.2 Å². The molecule has 0 aliphatic heterocycles. The zero-order valence-electron chi connectivity index (χ0n) is 14.6. The SMILES string of the molecule is Cc1c(-c2ccccc2)cc2c([N+](=O)[O-])cn(C)c2c1-c1ccccc1. The minimum Gasteiger partial charge on any atom is -0.344 e. The monoisotopic (exact) mass is 342 g/mol. The highest BCUT2D eigenvalue weighted by Crippen LogP contribution is 2.41. The Morgan fingerprint density at radius 1 is 0.923 bits per heavy atom. The molecule has 3 aromatic carbocycles. The van der Waals surface area contributed by atoms with Crippen LogP contribution in [0.1, 0.15) is 5.56 Å². The van der Waals surface area contributed by atoms with Crippen LogP contribution >= 0.6 is 0 Å². The van der Waals surface area contributed by atoms with Gasteiger partial charge in [-0.1, -0.05) is 60.7 Å². The molecule has 0 fully saturated rings. The van der Waals surface area contributed by atoms with Gasteiger partial charge >= 0.3 is 0 Å². The minimum atomic E-state index is -0.304. The lowest BCUT2D eigenvalue weighted by Gasteiger charge is -2.15. The molecular formula is C22H18N2O2. The average Bonchev–Trinajstić information content (AvgIpc) is 2.99. The summed E-state index contributed by atoms with van der Waals surface area (Å²) in [5, 5.41) is 12.3. The van der Waals surface area contributed by atoms with Crippen LogP contribution in [0.5, 0.6) is 0 Å². The smallest absolute Gasteiger partial charge is 0.294 e. The van der Waals surface area contributed by atoms with Gasteiger partial charge in [-0.2, -0.15) is 0 Å². The van der Waals surface area contributed by atoms with Gasteiger partial charge in [0.2, 0.25) is 0 Å². The zero-order valence-corrected chi connectivity index (χ0v) is 14.6. The summed E-state index contributed by atoms with van der Waals surface area (Å²) >= 11 is 0. The second-order valence-corrected chi connectivity index (χ2v) is 6.43. The van der Waals surface area contributed by atoms with Crippen LogP contribution in [-0.2, 0) is 7.05 Å². The van der Waals surface area contributed by atoms with E-state index < -0.39 is 0 Å². The molecule has 0 radical (unpaired) electrons. The van der Waals surface area contributed by atoms with Crippen LogP contribution in [0.4, 0.5) is 5.69 Å². The molecule has 0 unspecified atom stereocenters.